The molecule has 0 bridgehead atoms. The van der Waals surface area contributed by atoms with Gasteiger partial charge >= 0.3 is 0 Å². The lowest BCUT2D eigenvalue weighted by Gasteiger charge is -2.35. The molecule has 2 atom stereocenters. The Morgan fingerprint density at radius 2 is 2.21 bits per heavy atom. The zero-order chi connectivity index (χ0) is 13.8. The van der Waals surface area contributed by atoms with Gasteiger partial charge in [-0.05, 0) is 25.0 Å². The number of hydrogen-bond donors (Lipinski definition) is 1. The highest BCUT2D eigenvalue weighted by Crippen LogP contribution is 2.25. The van der Waals surface area contributed by atoms with Gasteiger partial charge in [-0.15, -0.1) is 0 Å². The number of aromatic nitrogens is 1. The van der Waals surface area contributed by atoms with Gasteiger partial charge in [0.15, 0.2) is 0 Å². The molecule has 1 N–H and O–H groups in total. The molecule has 0 saturated heterocycles. The van der Waals surface area contributed by atoms with Crippen LogP contribution in [-0.2, 0) is 0 Å². The summed E-state index contributed by atoms with van der Waals surface area (Å²) in [6.07, 6.45) is 4.81. The Kier molecular flexibility index (Phi) is 4.37. The number of nitrogens with zero attached hydrogens (tertiary/aromatic N) is 2. The summed E-state index contributed by atoms with van der Waals surface area (Å²) < 4.78 is 5.11. The molecule has 0 aliphatic heterocycles. The molecule has 2 rings (SSSR count). The molecular formula is C14H20N2O3. The van der Waals surface area contributed by atoms with Crippen molar-refractivity contribution in [1.29, 1.82) is 0 Å². The van der Waals surface area contributed by atoms with Crippen molar-refractivity contribution in [3.8, 4) is 5.88 Å². The summed E-state index contributed by atoms with van der Waals surface area (Å²) in [5.41, 5.74) is 0.435. The van der Waals surface area contributed by atoms with E-state index in [2.05, 4.69) is 4.98 Å². The van der Waals surface area contributed by atoms with E-state index in [0.29, 0.717) is 11.4 Å². The van der Waals surface area contributed by atoms with E-state index in [0.717, 1.165) is 25.7 Å². The van der Waals surface area contributed by atoms with Crippen molar-refractivity contribution in [2.75, 3.05) is 14.2 Å². The molecule has 1 amide bonds. The number of carbonyl (C=O) groups excluding carboxylic acids is 1. The van der Waals surface area contributed by atoms with Crippen LogP contribution >= 0.6 is 0 Å². The van der Waals surface area contributed by atoms with Crippen LogP contribution in [0.4, 0.5) is 0 Å². The maximum Gasteiger partial charge on any atom is 0.259 e. The van der Waals surface area contributed by atoms with Crippen molar-refractivity contribution in [2.45, 2.75) is 37.8 Å². The topological polar surface area (TPSA) is 62.7 Å². The van der Waals surface area contributed by atoms with Crippen molar-refractivity contribution >= 4 is 5.91 Å². The highest BCUT2D eigenvalue weighted by Gasteiger charge is 2.30. The van der Waals surface area contributed by atoms with E-state index >= 15 is 0 Å². The fourth-order valence-electron chi connectivity index (χ4n) is 2.60. The number of likely N-dealkylation sites (N-methyl/N-ethyl adjacent to an activating group) is 1. The summed E-state index contributed by atoms with van der Waals surface area (Å²) in [6.45, 7) is 0. The lowest BCUT2D eigenvalue weighted by molar-refractivity contribution is 0.0265. The van der Waals surface area contributed by atoms with E-state index in [1.54, 1.807) is 30.3 Å². The van der Waals surface area contributed by atoms with Crippen LogP contribution in [0.3, 0.4) is 0 Å². The Morgan fingerprint density at radius 1 is 1.47 bits per heavy atom. The average Bonchev–Trinajstić information content (AvgIpc) is 2.46. The van der Waals surface area contributed by atoms with Gasteiger partial charge in [0.05, 0.1) is 19.3 Å². The number of aliphatic hydroxyl groups is 1. The van der Waals surface area contributed by atoms with Crippen molar-refractivity contribution in [3.63, 3.8) is 0 Å². The first kappa shape index (κ1) is 13.8. The second-order valence-electron chi connectivity index (χ2n) is 4.90. The van der Waals surface area contributed by atoms with E-state index in [1.165, 1.54) is 7.11 Å². The fraction of sp³-hybridized carbons (Fsp3) is 0.571. The molecule has 0 spiro atoms. The Labute approximate surface area is 113 Å². The van der Waals surface area contributed by atoms with Gasteiger partial charge in [-0.1, -0.05) is 12.8 Å². The van der Waals surface area contributed by atoms with Crippen LogP contribution in [0.2, 0.25) is 0 Å². The standard InChI is InChI=1S/C14H20N2O3/c1-16(11-7-3-4-8-12(11)17)14(18)10-6-5-9-15-13(10)19-2/h5-6,9,11-12,17H,3-4,7-8H2,1-2H3. The Hall–Kier alpha value is -1.62. The van der Waals surface area contributed by atoms with Crippen molar-refractivity contribution < 1.29 is 14.6 Å². The highest BCUT2D eigenvalue weighted by molar-refractivity contribution is 5.96. The third-order valence-electron chi connectivity index (χ3n) is 3.71. The molecule has 104 valence electrons. The van der Waals surface area contributed by atoms with E-state index in [-0.39, 0.29) is 11.9 Å². The minimum atomic E-state index is -0.439. The number of carbonyl (C=O) groups is 1. The quantitative estimate of drug-likeness (QED) is 0.898. The van der Waals surface area contributed by atoms with Crippen molar-refractivity contribution in [1.82, 2.24) is 9.88 Å². The second kappa shape index (κ2) is 6.02. The molecule has 1 aromatic heterocycles. The smallest absolute Gasteiger partial charge is 0.259 e. The molecule has 1 aliphatic rings. The minimum absolute atomic E-state index is 0.119. The van der Waals surface area contributed by atoms with Crippen molar-refractivity contribution in [2.24, 2.45) is 0 Å². The second-order valence-corrected chi connectivity index (χ2v) is 4.90. The number of aliphatic hydroxyl groups excluding tert-OH is 1. The van der Waals surface area contributed by atoms with Crippen LogP contribution in [0, 0.1) is 0 Å². The van der Waals surface area contributed by atoms with Gasteiger partial charge in [0.1, 0.15) is 5.56 Å². The van der Waals surface area contributed by atoms with Crippen LogP contribution < -0.4 is 4.74 Å². The van der Waals surface area contributed by atoms with Gasteiger partial charge in [0.2, 0.25) is 5.88 Å². The summed E-state index contributed by atoms with van der Waals surface area (Å²) in [5, 5.41) is 10.0. The summed E-state index contributed by atoms with van der Waals surface area (Å²) in [5.74, 6) is 0.167. The Bertz CT molecular complexity index is 450. The molecule has 1 saturated carbocycles. The first-order valence-electron chi connectivity index (χ1n) is 6.59. The van der Waals surface area contributed by atoms with E-state index in [9.17, 15) is 9.90 Å². The molecule has 1 fully saturated rings. The third-order valence-corrected chi connectivity index (χ3v) is 3.71. The lowest BCUT2D eigenvalue weighted by atomic mass is 9.91. The number of methoxy groups -OCH3 is 1. The number of amides is 1. The zero-order valence-corrected chi connectivity index (χ0v) is 11.4. The van der Waals surface area contributed by atoms with E-state index in [1.807, 2.05) is 0 Å². The van der Waals surface area contributed by atoms with Crippen LogP contribution in [0.25, 0.3) is 0 Å². The normalized spacial score (nSPS) is 22.9. The molecular weight excluding hydrogens is 244 g/mol. The maximum atomic E-state index is 12.5. The largest absolute Gasteiger partial charge is 0.480 e. The van der Waals surface area contributed by atoms with Gasteiger partial charge < -0.3 is 14.7 Å². The van der Waals surface area contributed by atoms with Gasteiger partial charge in [-0.25, -0.2) is 4.98 Å². The highest BCUT2D eigenvalue weighted by atomic mass is 16.5. The van der Waals surface area contributed by atoms with Crippen molar-refractivity contribution in [3.05, 3.63) is 23.9 Å². The Morgan fingerprint density at radius 3 is 2.89 bits per heavy atom. The SMILES string of the molecule is COc1ncccc1C(=O)N(C)C1CCCCC1O. The summed E-state index contributed by atoms with van der Waals surface area (Å²) in [6, 6.07) is 3.28. The average molecular weight is 264 g/mol. The fourth-order valence-corrected chi connectivity index (χ4v) is 2.60. The summed E-state index contributed by atoms with van der Waals surface area (Å²) in [7, 11) is 3.22. The molecule has 1 heterocycles. The molecule has 1 aromatic rings. The first-order chi connectivity index (χ1) is 9.15. The third kappa shape index (κ3) is 2.87. The van der Waals surface area contributed by atoms with Gasteiger partial charge in [-0.2, -0.15) is 0 Å². The molecule has 0 aromatic carbocycles. The molecule has 1 aliphatic carbocycles. The molecule has 5 nitrogen and oxygen atoms in total. The van der Waals surface area contributed by atoms with Crippen LogP contribution in [0.1, 0.15) is 36.0 Å². The molecule has 5 heteroatoms. The number of ether oxygens (including phenoxy) is 1. The van der Waals surface area contributed by atoms with Gasteiger partial charge in [-0.3, -0.25) is 4.79 Å². The van der Waals surface area contributed by atoms with E-state index < -0.39 is 6.10 Å². The first-order valence-corrected chi connectivity index (χ1v) is 6.59. The molecule has 0 radical (unpaired) electrons. The van der Waals surface area contributed by atoms with Gasteiger partial charge in [0, 0.05) is 13.2 Å². The van der Waals surface area contributed by atoms with E-state index in [4.69, 9.17) is 4.74 Å². The lowest BCUT2D eigenvalue weighted by Crippen LogP contribution is -2.46. The zero-order valence-electron chi connectivity index (χ0n) is 11.4. The van der Waals surface area contributed by atoms with Crippen LogP contribution in [0.15, 0.2) is 18.3 Å². The Balaban J connectivity index is 2.18. The number of hydrogen-bond acceptors (Lipinski definition) is 4. The van der Waals surface area contributed by atoms with Crippen LogP contribution in [0.5, 0.6) is 5.88 Å². The van der Waals surface area contributed by atoms with Gasteiger partial charge in [0.25, 0.3) is 5.91 Å². The molecule has 19 heavy (non-hydrogen) atoms. The molecule has 2 unspecified atom stereocenters. The minimum Gasteiger partial charge on any atom is -0.480 e. The number of pyridine rings is 1. The maximum absolute atomic E-state index is 12.5. The summed E-state index contributed by atoms with van der Waals surface area (Å²) in [4.78, 5) is 18.1. The van der Waals surface area contributed by atoms with Crippen LogP contribution in [-0.4, -0.2) is 47.2 Å². The number of rotatable bonds is 3. The monoisotopic (exact) mass is 264 g/mol. The predicted octanol–water partition coefficient (Wildman–Crippen LogP) is 1.47. The summed E-state index contributed by atoms with van der Waals surface area (Å²) >= 11 is 0. The predicted molar refractivity (Wildman–Crippen MR) is 71.1 cm³/mol.